The minimum absolute atomic E-state index is 0.0626. The molecule has 17 heteroatoms. The van der Waals surface area contributed by atoms with Crippen molar-refractivity contribution in [3.63, 3.8) is 0 Å². The van der Waals surface area contributed by atoms with Gasteiger partial charge in [0.05, 0.1) is 27.8 Å². The number of imide groups is 1. The first-order valence-electron chi connectivity index (χ1n) is 13.5. The summed E-state index contributed by atoms with van der Waals surface area (Å²) in [5.41, 5.74) is -2.12. The number of ether oxygens (including phenoxy) is 1. The summed E-state index contributed by atoms with van der Waals surface area (Å²) >= 11 is 5.07. The highest BCUT2D eigenvalue weighted by molar-refractivity contribution is 9.10. The highest BCUT2D eigenvalue weighted by Gasteiger charge is 2.57. The minimum Gasteiger partial charge on any atom is -0.483 e. The van der Waals surface area contributed by atoms with E-state index in [1.165, 1.54) is 18.2 Å². The molecular formula is C30H18BrF6N3O5S2. The lowest BCUT2D eigenvalue weighted by Crippen LogP contribution is -2.32. The number of hydrogen-bond acceptors (Lipinski definition) is 7. The van der Waals surface area contributed by atoms with E-state index in [1.807, 2.05) is 0 Å². The Hall–Kier alpha value is -4.09. The number of benzene rings is 3. The molecule has 2 aliphatic heterocycles. The molecule has 47 heavy (non-hydrogen) atoms. The van der Waals surface area contributed by atoms with Crippen LogP contribution in [-0.2, 0) is 26.7 Å². The number of carbonyl (C=O) groups excluding carboxylic acids is 3. The second-order valence-electron chi connectivity index (χ2n) is 10.4. The standard InChI is InChI=1S/C30H18BrF6N3O5S2/c31-15-7-8-19(45-12-20(41)38-16-5-1-3-13(9-16)29(32,33)34)18(11-15)21-22-24(46-25-23(21)47-28(44)39-25)27(43)40(26(22)42)17-6-2-4-14(10-17)30(35,36)37/h1-11,21-22,24H,12H2,(H,38,41)(H,39,44)/t21-,22?,24?/m1/s1. The number of halogens is 7. The van der Waals surface area contributed by atoms with Crippen molar-refractivity contribution < 1.29 is 45.5 Å². The van der Waals surface area contributed by atoms with Crippen LogP contribution in [0.2, 0.25) is 0 Å². The first-order chi connectivity index (χ1) is 22.1. The number of hydrogen-bond donors (Lipinski definition) is 2. The van der Waals surface area contributed by atoms with Gasteiger partial charge >= 0.3 is 17.2 Å². The van der Waals surface area contributed by atoms with Crippen molar-refractivity contribution in [2.45, 2.75) is 28.5 Å². The summed E-state index contributed by atoms with van der Waals surface area (Å²) in [6.07, 6.45) is -9.36. The molecule has 8 nitrogen and oxygen atoms in total. The highest BCUT2D eigenvalue weighted by atomic mass is 79.9. The van der Waals surface area contributed by atoms with Crippen molar-refractivity contribution in [2.75, 3.05) is 16.8 Å². The lowest BCUT2D eigenvalue weighted by molar-refractivity contribution is -0.138. The number of nitrogens with one attached hydrogen (secondary N) is 2. The lowest BCUT2D eigenvalue weighted by Gasteiger charge is -2.31. The van der Waals surface area contributed by atoms with Crippen LogP contribution in [0.5, 0.6) is 5.75 Å². The summed E-state index contributed by atoms with van der Waals surface area (Å²) in [5, 5.41) is 1.51. The smallest absolute Gasteiger partial charge is 0.416 e. The average Bonchev–Trinajstić information content (AvgIpc) is 3.49. The third-order valence-corrected chi connectivity index (χ3v) is 10.3. The van der Waals surface area contributed by atoms with Crippen molar-refractivity contribution in [1.82, 2.24) is 4.98 Å². The maximum absolute atomic E-state index is 14.0. The summed E-state index contributed by atoms with van der Waals surface area (Å²) in [5.74, 6) is -4.50. The van der Waals surface area contributed by atoms with E-state index >= 15 is 0 Å². The quantitative estimate of drug-likeness (QED) is 0.161. The topological polar surface area (TPSA) is 109 Å². The van der Waals surface area contributed by atoms with Crippen molar-refractivity contribution in [3.05, 3.63) is 102 Å². The predicted octanol–water partition coefficient (Wildman–Crippen LogP) is 7.05. The van der Waals surface area contributed by atoms with Crippen LogP contribution in [-0.4, -0.2) is 34.6 Å². The molecule has 3 aromatic carbocycles. The Morgan fingerprint density at radius 3 is 2.30 bits per heavy atom. The zero-order valence-corrected chi connectivity index (χ0v) is 26.5. The number of fused-ring (bicyclic) bond motifs is 2. The van der Waals surface area contributed by atoms with Crippen molar-refractivity contribution in [3.8, 4) is 5.75 Å². The van der Waals surface area contributed by atoms with E-state index < -0.39 is 69.8 Å². The molecule has 0 radical (unpaired) electrons. The fraction of sp³-hybridized carbons (Fsp3) is 0.200. The summed E-state index contributed by atoms with van der Waals surface area (Å²) in [7, 11) is 0. The Kier molecular flexibility index (Phi) is 8.50. The number of alkyl halides is 6. The molecule has 1 fully saturated rings. The van der Waals surface area contributed by atoms with Crippen molar-refractivity contribution in [2.24, 2.45) is 5.92 Å². The number of carbonyl (C=O) groups is 3. The number of H-pyrrole nitrogens is 1. The number of thiazole rings is 1. The molecule has 3 amide bonds. The maximum Gasteiger partial charge on any atom is 0.416 e. The lowest BCUT2D eigenvalue weighted by atomic mass is 9.82. The molecule has 6 rings (SSSR count). The van der Waals surface area contributed by atoms with E-state index in [0.29, 0.717) is 25.3 Å². The number of anilines is 2. The first kappa shape index (κ1) is 32.8. The van der Waals surface area contributed by atoms with Gasteiger partial charge < -0.3 is 15.0 Å². The number of aromatic amines is 1. The molecule has 2 aliphatic rings. The van der Waals surface area contributed by atoms with E-state index in [2.05, 4.69) is 26.2 Å². The van der Waals surface area contributed by atoms with E-state index in [1.54, 1.807) is 12.1 Å². The molecule has 0 saturated carbocycles. The maximum atomic E-state index is 14.0. The Balaban J connectivity index is 1.34. The average molecular weight is 759 g/mol. The van der Waals surface area contributed by atoms with Gasteiger partial charge in [-0.05, 0) is 54.6 Å². The minimum atomic E-state index is -4.73. The van der Waals surface area contributed by atoms with Gasteiger partial charge in [-0.1, -0.05) is 51.2 Å². The van der Waals surface area contributed by atoms with E-state index in [9.17, 15) is 45.5 Å². The summed E-state index contributed by atoms with van der Waals surface area (Å²) in [4.78, 5) is 56.1. The number of rotatable bonds is 6. The molecule has 4 aromatic rings. The normalized spacial score (nSPS) is 19.4. The van der Waals surface area contributed by atoms with Crippen LogP contribution in [0.4, 0.5) is 37.7 Å². The van der Waals surface area contributed by atoms with Crippen LogP contribution in [0.1, 0.15) is 27.5 Å². The molecule has 3 atom stereocenters. The Morgan fingerprint density at radius 1 is 0.915 bits per heavy atom. The van der Waals surface area contributed by atoms with E-state index in [-0.39, 0.29) is 22.7 Å². The summed E-state index contributed by atoms with van der Waals surface area (Å²) in [6.45, 7) is -0.667. The molecular weight excluding hydrogens is 740 g/mol. The molecule has 244 valence electrons. The van der Waals surface area contributed by atoms with Gasteiger partial charge in [-0.2, -0.15) is 26.3 Å². The summed E-state index contributed by atoms with van der Waals surface area (Å²) in [6, 6.07) is 12.4. The van der Waals surface area contributed by atoms with Gasteiger partial charge in [0.15, 0.2) is 6.61 Å². The fourth-order valence-corrected chi connectivity index (χ4v) is 8.32. The van der Waals surface area contributed by atoms with Crippen molar-refractivity contribution in [1.29, 1.82) is 0 Å². The number of thioether (sulfide) groups is 1. The van der Waals surface area contributed by atoms with E-state index in [4.69, 9.17) is 4.74 Å². The fourth-order valence-electron chi connectivity index (χ4n) is 5.44. The molecule has 1 saturated heterocycles. The van der Waals surface area contributed by atoms with Crippen LogP contribution < -0.4 is 19.8 Å². The SMILES string of the molecule is O=C(COc1ccc(Br)cc1[C@H]1c2sc(=O)[nH]c2SC2C(=O)N(c3cccc(C(F)(F)F)c3)C(=O)C21)Nc1cccc(C(F)(F)F)c1. The molecule has 1 aromatic heterocycles. The zero-order chi connectivity index (χ0) is 33.8. The summed E-state index contributed by atoms with van der Waals surface area (Å²) < 4.78 is 86.1. The Labute approximate surface area is 277 Å². The molecule has 3 heterocycles. The predicted molar refractivity (Wildman–Crippen MR) is 164 cm³/mol. The van der Waals surface area contributed by atoms with Crippen LogP contribution in [0, 0.1) is 5.92 Å². The van der Waals surface area contributed by atoms with Crippen LogP contribution in [0.3, 0.4) is 0 Å². The molecule has 2 unspecified atom stereocenters. The first-order valence-corrected chi connectivity index (χ1v) is 15.9. The molecule has 2 N–H and O–H groups in total. The third-order valence-electron chi connectivity index (χ3n) is 7.39. The largest absolute Gasteiger partial charge is 0.483 e. The van der Waals surface area contributed by atoms with Gasteiger partial charge in [0.2, 0.25) is 11.8 Å². The van der Waals surface area contributed by atoms with Gasteiger partial charge in [-0.15, -0.1) is 0 Å². The second-order valence-corrected chi connectivity index (χ2v) is 13.5. The van der Waals surface area contributed by atoms with Crippen molar-refractivity contribution >= 4 is 68.1 Å². The van der Waals surface area contributed by atoms with Crippen LogP contribution in [0.25, 0.3) is 0 Å². The van der Waals surface area contributed by atoms with Gasteiger partial charge in [0, 0.05) is 26.5 Å². The Bertz CT molecular complexity index is 1980. The molecule has 0 aliphatic carbocycles. The van der Waals surface area contributed by atoms with Crippen LogP contribution >= 0.6 is 39.0 Å². The van der Waals surface area contributed by atoms with E-state index in [0.717, 1.165) is 53.4 Å². The highest BCUT2D eigenvalue weighted by Crippen LogP contribution is 2.55. The van der Waals surface area contributed by atoms with Crippen LogP contribution in [0.15, 0.2) is 81.0 Å². The van der Waals surface area contributed by atoms with Gasteiger partial charge in [0.1, 0.15) is 11.0 Å². The monoisotopic (exact) mass is 757 g/mol. The number of nitrogens with zero attached hydrogens (tertiary/aromatic N) is 1. The Morgan fingerprint density at radius 2 is 1.60 bits per heavy atom. The number of aromatic nitrogens is 1. The third kappa shape index (κ3) is 6.43. The zero-order valence-electron chi connectivity index (χ0n) is 23.2. The van der Waals surface area contributed by atoms with Gasteiger partial charge in [-0.25, -0.2) is 4.90 Å². The molecule has 0 spiro atoms. The number of amides is 3. The second kappa shape index (κ2) is 12.2. The van der Waals surface area contributed by atoms with Gasteiger partial charge in [-0.3, -0.25) is 19.2 Å². The molecule has 0 bridgehead atoms. The van der Waals surface area contributed by atoms with Gasteiger partial charge in [0.25, 0.3) is 5.91 Å².